The first kappa shape index (κ1) is 9.83. The Morgan fingerprint density at radius 2 is 1.92 bits per heavy atom. The Balaban J connectivity index is 3.10. The first-order valence-corrected chi connectivity index (χ1v) is 3.89. The Labute approximate surface area is 76.2 Å². The lowest BCUT2D eigenvalue weighted by Crippen LogP contribution is -2.36. The molecule has 0 fully saturated rings. The maximum Gasteiger partial charge on any atom is 0.157 e. The van der Waals surface area contributed by atoms with Crippen molar-refractivity contribution in [1.82, 2.24) is 0 Å². The minimum Gasteiger partial charge on any atom is -0.504 e. The van der Waals surface area contributed by atoms with Crippen molar-refractivity contribution in [2.45, 2.75) is 12.5 Å². The van der Waals surface area contributed by atoms with E-state index in [1.165, 1.54) is 12.1 Å². The van der Waals surface area contributed by atoms with Gasteiger partial charge in [-0.2, -0.15) is 0 Å². The van der Waals surface area contributed by atoms with Crippen LogP contribution in [-0.4, -0.2) is 21.9 Å². The van der Waals surface area contributed by atoms with Crippen LogP contribution in [0.4, 0.5) is 0 Å². The highest BCUT2D eigenvalue weighted by Crippen LogP contribution is 2.28. The summed E-state index contributed by atoms with van der Waals surface area (Å²) >= 11 is 0. The van der Waals surface area contributed by atoms with E-state index in [1.54, 1.807) is 13.0 Å². The van der Waals surface area contributed by atoms with Crippen LogP contribution < -0.4 is 5.73 Å². The molecule has 0 aliphatic heterocycles. The summed E-state index contributed by atoms with van der Waals surface area (Å²) in [5.41, 5.74) is 5.39. The van der Waals surface area contributed by atoms with Crippen LogP contribution in [0.3, 0.4) is 0 Å². The predicted octanol–water partition coefficient (Wildman–Crippen LogP) is 0.264. The van der Waals surface area contributed by atoms with Crippen LogP contribution in [0.25, 0.3) is 0 Å². The van der Waals surface area contributed by atoms with Gasteiger partial charge in [-0.05, 0) is 24.6 Å². The molecule has 0 aliphatic carbocycles. The molecule has 5 N–H and O–H groups in total. The van der Waals surface area contributed by atoms with Gasteiger partial charge in [-0.15, -0.1) is 0 Å². The number of hydrogen-bond donors (Lipinski definition) is 4. The topological polar surface area (TPSA) is 86.7 Å². The molecule has 0 aromatic heterocycles. The number of aromatic hydroxyl groups is 2. The second-order valence-corrected chi connectivity index (χ2v) is 3.28. The van der Waals surface area contributed by atoms with Crippen molar-refractivity contribution in [1.29, 1.82) is 0 Å². The molecular weight excluding hydrogens is 170 g/mol. The molecule has 0 bridgehead atoms. The molecule has 0 aliphatic rings. The van der Waals surface area contributed by atoms with Crippen LogP contribution in [0.1, 0.15) is 12.5 Å². The van der Waals surface area contributed by atoms with Crippen molar-refractivity contribution in [3.8, 4) is 11.5 Å². The van der Waals surface area contributed by atoms with Gasteiger partial charge in [0.15, 0.2) is 11.5 Å². The standard InChI is InChI=1S/C9H13NO3/c1-9(10,5-11)6-2-3-7(12)8(13)4-6/h2-4,11-13H,5,10H2,1H3/t9-/m0/s1. The summed E-state index contributed by atoms with van der Waals surface area (Å²) in [6.07, 6.45) is 0. The second-order valence-electron chi connectivity index (χ2n) is 3.28. The van der Waals surface area contributed by atoms with Gasteiger partial charge in [-0.25, -0.2) is 0 Å². The molecule has 72 valence electrons. The van der Waals surface area contributed by atoms with Crippen molar-refractivity contribution in [3.63, 3.8) is 0 Å². The highest BCUT2D eigenvalue weighted by molar-refractivity contribution is 5.42. The van der Waals surface area contributed by atoms with Crippen LogP contribution in [0.15, 0.2) is 18.2 Å². The van der Waals surface area contributed by atoms with Crippen molar-refractivity contribution in [2.75, 3.05) is 6.61 Å². The lowest BCUT2D eigenvalue weighted by molar-refractivity contribution is 0.209. The van der Waals surface area contributed by atoms with E-state index in [4.69, 9.17) is 15.9 Å². The Bertz CT molecular complexity index is 310. The first-order valence-electron chi connectivity index (χ1n) is 3.89. The number of hydrogen-bond acceptors (Lipinski definition) is 4. The van der Waals surface area contributed by atoms with Gasteiger partial charge in [0.05, 0.1) is 12.1 Å². The highest BCUT2D eigenvalue weighted by Gasteiger charge is 2.20. The zero-order valence-corrected chi connectivity index (χ0v) is 7.36. The molecule has 1 aromatic carbocycles. The predicted molar refractivity (Wildman–Crippen MR) is 48.4 cm³/mol. The zero-order chi connectivity index (χ0) is 10.1. The van der Waals surface area contributed by atoms with E-state index >= 15 is 0 Å². The lowest BCUT2D eigenvalue weighted by atomic mass is 9.94. The molecule has 0 saturated heterocycles. The monoisotopic (exact) mass is 183 g/mol. The van der Waals surface area contributed by atoms with Gasteiger partial charge in [0.25, 0.3) is 0 Å². The number of phenols is 2. The number of aliphatic hydroxyl groups excluding tert-OH is 1. The normalized spacial score (nSPS) is 15.3. The third-order valence-corrected chi connectivity index (χ3v) is 1.96. The maximum atomic E-state index is 9.17. The van der Waals surface area contributed by atoms with E-state index in [1.807, 2.05) is 0 Å². The fraction of sp³-hybridized carbons (Fsp3) is 0.333. The molecule has 0 amide bonds. The quantitative estimate of drug-likeness (QED) is 0.495. The average Bonchev–Trinajstić information content (AvgIpc) is 2.09. The molecule has 4 heteroatoms. The Morgan fingerprint density at radius 3 is 2.38 bits per heavy atom. The van der Waals surface area contributed by atoms with Crippen LogP contribution in [0.2, 0.25) is 0 Å². The SMILES string of the molecule is C[C@](N)(CO)c1ccc(O)c(O)c1. The molecule has 0 heterocycles. The summed E-state index contributed by atoms with van der Waals surface area (Å²) in [7, 11) is 0. The largest absolute Gasteiger partial charge is 0.504 e. The summed E-state index contributed by atoms with van der Waals surface area (Å²) in [6, 6.07) is 4.24. The van der Waals surface area contributed by atoms with E-state index in [-0.39, 0.29) is 18.1 Å². The zero-order valence-electron chi connectivity index (χ0n) is 7.36. The van der Waals surface area contributed by atoms with Crippen LogP contribution in [-0.2, 0) is 5.54 Å². The number of nitrogens with two attached hydrogens (primary N) is 1. The third-order valence-electron chi connectivity index (χ3n) is 1.96. The average molecular weight is 183 g/mol. The molecule has 0 saturated carbocycles. The molecule has 0 radical (unpaired) electrons. The molecule has 4 nitrogen and oxygen atoms in total. The minimum atomic E-state index is -0.898. The summed E-state index contributed by atoms with van der Waals surface area (Å²) in [4.78, 5) is 0. The molecule has 1 aromatic rings. The number of phenolic OH excluding ortho intramolecular Hbond substituents is 2. The molecule has 0 unspecified atom stereocenters. The van der Waals surface area contributed by atoms with Gasteiger partial charge in [0, 0.05) is 0 Å². The van der Waals surface area contributed by atoms with E-state index in [0.717, 1.165) is 0 Å². The highest BCUT2D eigenvalue weighted by atomic mass is 16.3. The van der Waals surface area contributed by atoms with E-state index in [0.29, 0.717) is 5.56 Å². The van der Waals surface area contributed by atoms with Gasteiger partial charge in [0.1, 0.15) is 0 Å². The van der Waals surface area contributed by atoms with Gasteiger partial charge < -0.3 is 21.1 Å². The fourth-order valence-corrected chi connectivity index (χ4v) is 0.970. The van der Waals surface area contributed by atoms with Crippen molar-refractivity contribution in [3.05, 3.63) is 23.8 Å². The van der Waals surface area contributed by atoms with E-state index in [2.05, 4.69) is 0 Å². The number of rotatable bonds is 2. The summed E-state index contributed by atoms with van der Waals surface area (Å²) in [5, 5.41) is 27.1. The summed E-state index contributed by atoms with van der Waals surface area (Å²) in [6.45, 7) is 1.41. The fourth-order valence-electron chi connectivity index (χ4n) is 0.970. The minimum absolute atomic E-state index is 0.197. The summed E-state index contributed by atoms with van der Waals surface area (Å²) < 4.78 is 0. The molecule has 1 atom stereocenters. The first-order chi connectivity index (χ1) is 5.97. The Morgan fingerprint density at radius 1 is 1.31 bits per heavy atom. The van der Waals surface area contributed by atoms with Gasteiger partial charge in [-0.3, -0.25) is 0 Å². The molecular formula is C9H13NO3. The van der Waals surface area contributed by atoms with Crippen molar-refractivity contribution < 1.29 is 15.3 Å². The van der Waals surface area contributed by atoms with Gasteiger partial charge in [-0.1, -0.05) is 6.07 Å². The molecule has 1 rings (SSSR count). The van der Waals surface area contributed by atoms with E-state index in [9.17, 15) is 5.11 Å². The number of aliphatic hydroxyl groups is 1. The Hall–Kier alpha value is -1.26. The van der Waals surface area contributed by atoms with Gasteiger partial charge >= 0.3 is 0 Å². The third kappa shape index (κ3) is 1.91. The second kappa shape index (κ2) is 3.24. The molecule has 13 heavy (non-hydrogen) atoms. The lowest BCUT2D eigenvalue weighted by Gasteiger charge is -2.22. The van der Waals surface area contributed by atoms with Crippen molar-refractivity contribution in [2.24, 2.45) is 5.73 Å². The maximum absolute atomic E-state index is 9.17. The molecule has 0 spiro atoms. The van der Waals surface area contributed by atoms with Crippen LogP contribution in [0.5, 0.6) is 11.5 Å². The Kier molecular flexibility index (Phi) is 2.45. The van der Waals surface area contributed by atoms with Crippen molar-refractivity contribution >= 4 is 0 Å². The van der Waals surface area contributed by atoms with E-state index < -0.39 is 5.54 Å². The smallest absolute Gasteiger partial charge is 0.157 e. The number of benzene rings is 1. The van der Waals surface area contributed by atoms with Crippen LogP contribution >= 0.6 is 0 Å². The van der Waals surface area contributed by atoms with Crippen LogP contribution in [0, 0.1) is 0 Å². The summed E-state index contributed by atoms with van der Waals surface area (Å²) in [5.74, 6) is -0.430. The van der Waals surface area contributed by atoms with Gasteiger partial charge in [0.2, 0.25) is 0 Å².